The number of carbonyl (C=O) groups is 2. The Labute approximate surface area is 160 Å². The molecule has 1 aromatic rings. The molecule has 1 aromatic carbocycles. The number of ether oxygens (including phenoxy) is 1. The van der Waals surface area contributed by atoms with Crippen molar-refractivity contribution in [2.45, 2.75) is 50.4 Å². The van der Waals surface area contributed by atoms with Crippen molar-refractivity contribution in [3.63, 3.8) is 0 Å². The van der Waals surface area contributed by atoms with Crippen molar-refractivity contribution in [3.8, 4) is 0 Å². The lowest BCUT2D eigenvalue weighted by Gasteiger charge is -2.14. The van der Waals surface area contributed by atoms with Gasteiger partial charge in [-0.2, -0.15) is 0 Å². The molecule has 26 heavy (non-hydrogen) atoms. The van der Waals surface area contributed by atoms with Crippen molar-refractivity contribution < 1.29 is 19.2 Å². The van der Waals surface area contributed by atoms with Crippen LogP contribution in [0.5, 0.6) is 0 Å². The van der Waals surface area contributed by atoms with Crippen LogP contribution in [0.4, 0.5) is 11.4 Å². The quantitative estimate of drug-likeness (QED) is 0.219. The molecule has 7 nitrogen and oxygen atoms in total. The summed E-state index contributed by atoms with van der Waals surface area (Å²) in [4.78, 5) is 34.4. The van der Waals surface area contributed by atoms with Crippen molar-refractivity contribution in [1.29, 1.82) is 0 Å². The van der Waals surface area contributed by atoms with E-state index < -0.39 is 22.9 Å². The van der Waals surface area contributed by atoms with Crippen LogP contribution in [0, 0.1) is 10.1 Å². The maximum absolute atomic E-state index is 12.1. The summed E-state index contributed by atoms with van der Waals surface area (Å²) in [7, 11) is 3.82. The van der Waals surface area contributed by atoms with Crippen LogP contribution in [0.2, 0.25) is 0 Å². The molecule has 0 spiro atoms. The minimum Gasteiger partial charge on any atom is -0.453 e. The van der Waals surface area contributed by atoms with E-state index in [1.165, 1.54) is 37.3 Å². The molecule has 1 N–H and O–H groups in total. The maximum Gasteiger partial charge on any atom is 0.306 e. The van der Waals surface area contributed by atoms with Crippen LogP contribution in [0.3, 0.4) is 0 Å². The Balaban J connectivity index is 1.72. The molecule has 142 valence electrons. The van der Waals surface area contributed by atoms with E-state index in [0.29, 0.717) is 5.25 Å². The number of hydrogen-bond acceptors (Lipinski definition) is 7. The van der Waals surface area contributed by atoms with Gasteiger partial charge in [0.15, 0.2) is 6.10 Å². The van der Waals surface area contributed by atoms with Crippen LogP contribution in [-0.4, -0.2) is 33.9 Å². The Morgan fingerprint density at radius 3 is 2.85 bits per heavy atom. The molecule has 0 bridgehead atoms. The lowest BCUT2D eigenvalue weighted by atomic mass is 10.1. The van der Waals surface area contributed by atoms with E-state index in [2.05, 4.69) is 5.32 Å². The van der Waals surface area contributed by atoms with Crippen LogP contribution < -0.4 is 5.32 Å². The summed E-state index contributed by atoms with van der Waals surface area (Å²) in [6, 6.07) is 5.83. The third kappa shape index (κ3) is 6.53. The number of nitrogens with zero attached hydrogens (tertiary/aromatic N) is 1. The van der Waals surface area contributed by atoms with Gasteiger partial charge < -0.3 is 10.1 Å². The Morgan fingerprint density at radius 1 is 1.38 bits per heavy atom. The fourth-order valence-electron chi connectivity index (χ4n) is 2.49. The van der Waals surface area contributed by atoms with Gasteiger partial charge in [0.1, 0.15) is 5.69 Å². The summed E-state index contributed by atoms with van der Waals surface area (Å²) in [5.41, 5.74) is -0.125. The van der Waals surface area contributed by atoms with E-state index in [0.717, 1.165) is 19.3 Å². The zero-order chi connectivity index (χ0) is 18.9. The number of benzene rings is 1. The van der Waals surface area contributed by atoms with Crippen LogP contribution >= 0.6 is 21.6 Å². The Bertz CT molecular complexity index is 650. The number of amides is 1. The highest BCUT2D eigenvalue weighted by Crippen LogP contribution is 2.39. The largest absolute Gasteiger partial charge is 0.453 e. The number of nitro groups is 1. The highest BCUT2D eigenvalue weighted by atomic mass is 33.1. The lowest BCUT2D eigenvalue weighted by Crippen LogP contribution is -2.30. The molecule has 9 heteroatoms. The first kappa shape index (κ1) is 20.6. The second-order valence-corrected chi connectivity index (χ2v) is 8.76. The van der Waals surface area contributed by atoms with Crippen molar-refractivity contribution in [1.82, 2.24) is 0 Å². The normalized spacial score (nSPS) is 17.5. The highest BCUT2D eigenvalue weighted by molar-refractivity contribution is 8.77. The highest BCUT2D eigenvalue weighted by Gasteiger charge is 2.21. The number of para-hydroxylation sites is 2. The van der Waals surface area contributed by atoms with E-state index >= 15 is 0 Å². The third-order valence-electron chi connectivity index (χ3n) is 3.92. The summed E-state index contributed by atoms with van der Waals surface area (Å²) < 4.78 is 5.13. The topological polar surface area (TPSA) is 98.5 Å². The summed E-state index contributed by atoms with van der Waals surface area (Å²) in [5, 5.41) is 14.1. The molecular formula is C17H22N2O5S2. The molecule has 1 amide bonds. The van der Waals surface area contributed by atoms with Gasteiger partial charge in [-0.05, 0) is 32.3 Å². The zero-order valence-electron chi connectivity index (χ0n) is 14.5. The van der Waals surface area contributed by atoms with E-state index in [9.17, 15) is 19.7 Å². The smallest absolute Gasteiger partial charge is 0.306 e. The number of rotatable bonds is 9. The number of carbonyl (C=O) groups excluding carboxylic acids is 2. The van der Waals surface area contributed by atoms with Crippen LogP contribution in [-0.2, 0) is 14.3 Å². The molecule has 0 radical (unpaired) electrons. The summed E-state index contributed by atoms with van der Waals surface area (Å²) in [6.45, 7) is 1.45. The molecule has 0 aliphatic carbocycles. The molecule has 1 saturated heterocycles. The van der Waals surface area contributed by atoms with Gasteiger partial charge in [0.25, 0.3) is 11.6 Å². The predicted molar refractivity (Wildman–Crippen MR) is 104 cm³/mol. The van der Waals surface area contributed by atoms with Crippen molar-refractivity contribution in [3.05, 3.63) is 34.4 Å². The number of hydrogen-bond donors (Lipinski definition) is 1. The summed E-state index contributed by atoms with van der Waals surface area (Å²) in [5.74, 6) is 0.180. The standard InChI is InChI=1S/C17H22N2O5S2/c1-12(17(21)18-14-7-3-4-8-15(14)19(22)23)24-16(20)9-5-2-6-13-10-11-25-26-13/h3-4,7-8,12-13H,2,5-6,9-11H2,1H3,(H,18,21)/t12-,13+/m1/s1. The summed E-state index contributed by atoms with van der Waals surface area (Å²) >= 11 is 0. The maximum atomic E-state index is 12.1. The van der Waals surface area contributed by atoms with Crippen LogP contribution in [0.15, 0.2) is 24.3 Å². The van der Waals surface area contributed by atoms with Gasteiger partial charge >= 0.3 is 5.97 Å². The van der Waals surface area contributed by atoms with E-state index in [1.807, 2.05) is 21.6 Å². The Kier molecular flexibility index (Phi) is 8.24. The second-order valence-electron chi connectivity index (χ2n) is 5.97. The SMILES string of the molecule is C[C@@H](OC(=O)CCCC[C@H]1CCSS1)C(=O)Nc1ccccc1[N+](=O)[O-]. The van der Waals surface area contributed by atoms with Crippen molar-refractivity contribution in [2.24, 2.45) is 0 Å². The molecule has 1 heterocycles. The molecule has 1 fully saturated rings. The van der Waals surface area contributed by atoms with Gasteiger partial charge in [0.2, 0.25) is 0 Å². The Morgan fingerprint density at radius 2 is 2.15 bits per heavy atom. The predicted octanol–water partition coefficient (Wildman–Crippen LogP) is 4.18. The van der Waals surface area contributed by atoms with E-state index in [-0.39, 0.29) is 17.8 Å². The molecular weight excluding hydrogens is 376 g/mol. The van der Waals surface area contributed by atoms with E-state index in [1.54, 1.807) is 6.07 Å². The van der Waals surface area contributed by atoms with Crippen LogP contribution in [0.1, 0.15) is 39.0 Å². The van der Waals surface area contributed by atoms with Gasteiger partial charge in [-0.1, -0.05) is 40.1 Å². The zero-order valence-corrected chi connectivity index (χ0v) is 16.1. The van der Waals surface area contributed by atoms with Crippen LogP contribution in [0.25, 0.3) is 0 Å². The molecule has 0 saturated carbocycles. The minimum atomic E-state index is -1.01. The molecule has 0 unspecified atom stereocenters. The number of unbranched alkanes of at least 4 members (excludes halogenated alkanes) is 1. The molecule has 1 aliphatic heterocycles. The second kappa shape index (κ2) is 10.4. The Hall–Kier alpha value is -1.74. The monoisotopic (exact) mass is 398 g/mol. The van der Waals surface area contributed by atoms with Gasteiger partial charge in [0.05, 0.1) is 4.92 Å². The molecule has 0 aromatic heterocycles. The first-order valence-electron chi connectivity index (χ1n) is 8.49. The first-order valence-corrected chi connectivity index (χ1v) is 10.9. The number of nitro benzene ring substituents is 1. The van der Waals surface area contributed by atoms with E-state index in [4.69, 9.17) is 4.74 Å². The third-order valence-corrected chi connectivity index (χ3v) is 6.93. The van der Waals surface area contributed by atoms with Crippen molar-refractivity contribution in [2.75, 3.05) is 11.1 Å². The first-order chi connectivity index (χ1) is 12.5. The molecule has 1 aliphatic rings. The summed E-state index contributed by atoms with van der Waals surface area (Å²) in [6.07, 6.45) is 3.28. The average molecular weight is 399 g/mol. The number of nitrogens with one attached hydrogen (secondary N) is 1. The van der Waals surface area contributed by atoms with Gasteiger partial charge in [-0.15, -0.1) is 0 Å². The molecule has 2 atom stereocenters. The lowest BCUT2D eigenvalue weighted by molar-refractivity contribution is -0.383. The van der Waals surface area contributed by atoms with Gasteiger partial charge in [-0.3, -0.25) is 19.7 Å². The average Bonchev–Trinajstić information content (AvgIpc) is 3.12. The van der Waals surface area contributed by atoms with Gasteiger partial charge in [0, 0.05) is 23.5 Å². The number of anilines is 1. The fraction of sp³-hybridized carbons (Fsp3) is 0.529. The molecule has 2 rings (SSSR count). The van der Waals surface area contributed by atoms with Gasteiger partial charge in [-0.25, -0.2) is 0 Å². The fourth-order valence-corrected chi connectivity index (χ4v) is 5.52. The van der Waals surface area contributed by atoms with Crippen molar-refractivity contribution >= 4 is 44.8 Å². The number of esters is 1. The minimum absolute atomic E-state index is 0.0809.